The first-order valence-corrected chi connectivity index (χ1v) is 4.19. The van der Waals surface area contributed by atoms with Gasteiger partial charge in [0, 0.05) is 5.69 Å². The Labute approximate surface area is 70.4 Å². The van der Waals surface area contributed by atoms with Crippen molar-refractivity contribution in [2.75, 3.05) is 0 Å². The summed E-state index contributed by atoms with van der Waals surface area (Å²) in [6, 6.07) is 1.70. The van der Waals surface area contributed by atoms with E-state index in [9.17, 15) is 9.90 Å². The molecule has 0 saturated heterocycles. The van der Waals surface area contributed by atoms with E-state index in [-0.39, 0.29) is 5.69 Å². The van der Waals surface area contributed by atoms with Gasteiger partial charge in [0.15, 0.2) is 0 Å². The summed E-state index contributed by atoms with van der Waals surface area (Å²) in [6.45, 7) is 0. The second-order valence-electron chi connectivity index (χ2n) is 3.18. The largest absolute Gasteiger partial charge is 0.543 e. The highest BCUT2D eigenvalue weighted by Crippen LogP contribution is 2.21. The molecule has 3 heteroatoms. The first-order chi connectivity index (χ1) is 5.77. The van der Waals surface area contributed by atoms with Crippen LogP contribution in [-0.4, -0.2) is 11.0 Å². The van der Waals surface area contributed by atoms with Crippen LogP contribution in [0.15, 0.2) is 6.07 Å². The van der Waals surface area contributed by atoms with Gasteiger partial charge in [0.05, 0.1) is 11.7 Å². The maximum atomic E-state index is 10.5. The highest BCUT2D eigenvalue weighted by molar-refractivity contribution is 5.84. The molecule has 0 atom stereocenters. The van der Waals surface area contributed by atoms with E-state index >= 15 is 0 Å². The number of carbonyl (C=O) groups excluding carboxylic acids is 1. The number of carbonyl (C=O) groups is 1. The molecule has 0 bridgehead atoms. The number of aromatic nitrogens is 1. The number of carboxylic acids is 1. The van der Waals surface area contributed by atoms with Crippen molar-refractivity contribution in [2.24, 2.45) is 0 Å². The van der Waals surface area contributed by atoms with Crippen molar-refractivity contribution in [3.63, 3.8) is 0 Å². The van der Waals surface area contributed by atoms with E-state index in [0.29, 0.717) is 0 Å². The molecule has 1 aliphatic carbocycles. The SMILES string of the molecule is O=C([O-])c1cc2c([nH]1)CCCC2. The highest BCUT2D eigenvalue weighted by Gasteiger charge is 2.12. The maximum Gasteiger partial charge on any atom is 0.0878 e. The van der Waals surface area contributed by atoms with Gasteiger partial charge in [-0.2, -0.15) is 0 Å². The Bertz CT molecular complexity index is 291. The third-order valence-corrected chi connectivity index (χ3v) is 2.33. The number of hydrogen-bond acceptors (Lipinski definition) is 2. The van der Waals surface area contributed by atoms with E-state index in [1.54, 1.807) is 6.07 Å². The van der Waals surface area contributed by atoms with E-state index in [4.69, 9.17) is 0 Å². The number of H-pyrrole nitrogens is 1. The predicted molar refractivity (Wildman–Crippen MR) is 41.8 cm³/mol. The quantitative estimate of drug-likeness (QED) is 0.647. The van der Waals surface area contributed by atoms with Gasteiger partial charge in [-0.1, -0.05) is 0 Å². The zero-order valence-electron chi connectivity index (χ0n) is 6.72. The number of aromatic carboxylic acids is 1. The number of hydrogen-bond donors (Lipinski definition) is 1. The number of rotatable bonds is 1. The first-order valence-electron chi connectivity index (χ1n) is 4.19. The lowest BCUT2D eigenvalue weighted by molar-refractivity contribution is -0.255. The van der Waals surface area contributed by atoms with Crippen LogP contribution in [0.2, 0.25) is 0 Å². The summed E-state index contributed by atoms with van der Waals surface area (Å²) in [6.07, 6.45) is 4.29. The lowest BCUT2D eigenvalue weighted by atomic mass is 9.98. The van der Waals surface area contributed by atoms with Crippen molar-refractivity contribution in [1.82, 2.24) is 4.98 Å². The van der Waals surface area contributed by atoms with Crippen LogP contribution in [0.5, 0.6) is 0 Å². The molecule has 0 fully saturated rings. The summed E-state index contributed by atoms with van der Waals surface area (Å²) >= 11 is 0. The topological polar surface area (TPSA) is 55.9 Å². The van der Waals surface area contributed by atoms with Crippen molar-refractivity contribution in [1.29, 1.82) is 0 Å². The molecular formula is C9H10NO2-. The smallest absolute Gasteiger partial charge is 0.0878 e. The summed E-state index contributed by atoms with van der Waals surface area (Å²) in [5.41, 5.74) is 2.46. The van der Waals surface area contributed by atoms with Gasteiger partial charge in [-0.3, -0.25) is 0 Å². The molecule has 0 aliphatic heterocycles. The lowest BCUT2D eigenvalue weighted by Gasteiger charge is -2.08. The number of aryl methyl sites for hydroxylation is 2. The fourth-order valence-electron chi connectivity index (χ4n) is 1.71. The van der Waals surface area contributed by atoms with E-state index in [0.717, 1.165) is 36.9 Å². The van der Waals surface area contributed by atoms with Gasteiger partial charge >= 0.3 is 0 Å². The fourth-order valence-corrected chi connectivity index (χ4v) is 1.71. The van der Waals surface area contributed by atoms with Gasteiger partial charge in [0.2, 0.25) is 0 Å². The third-order valence-electron chi connectivity index (χ3n) is 2.33. The molecule has 0 amide bonds. The molecule has 1 aromatic rings. The molecule has 3 nitrogen and oxygen atoms in total. The molecule has 0 radical (unpaired) electrons. The molecule has 0 saturated carbocycles. The summed E-state index contributed by atoms with van der Waals surface area (Å²) < 4.78 is 0. The van der Waals surface area contributed by atoms with Gasteiger partial charge in [-0.25, -0.2) is 0 Å². The Kier molecular flexibility index (Phi) is 1.64. The Hall–Kier alpha value is -1.25. The van der Waals surface area contributed by atoms with Crippen LogP contribution in [-0.2, 0) is 12.8 Å². The van der Waals surface area contributed by atoms with Crippen LogP contribution in [0.3, 0.4) is 0 Å². The van der Waals surface area contributed by atoms with Gasteiger partial charge in [0.1, 0.15) is 0 Å². The number of carboxylic acid groups (broad SMARTS) is 1. The zero-order chi connectivity index (χ0) is 8.55. The Morgan fingerprint density at radius 1 is 1.42 bits per heavy atom. The monoisotopic (exact) mass is 164 g/mol. The minimum Gasteiger partial charge on any atom is -0.543 e. The summed E-state index contributed by atoms with van der Waals surface area (Å²) in [5.74, 6) is -1.11. The Morgan fingerprint density at radius 3 is 2.83 bits per heavy atom. The van der Waals surface area contributed by atoms with Gasteiger partial charge in [-0.15, -0.1) is 0 Å². The van der Waals surface area contributed by atoms with Gasteiger partial charge in [0.25, 0.3) is 0 Å². The summed E-state index contributed by atoms with van der Waals surface area (Å²) in [5, 5.41) is 10.5. The molecular weight excluding hydrogens is 154 g/mol. The molecule has 64 valence electrons. The molecule has 1 heterocycles. The van der Waals surface area contributed by atoms with Crippen molar-refractivity contribution in [2.45, 2.75) is 25.7 Å². The molecule has 1 aromatic heterocycles. The molecule has 0 spiro atoms. The molecule has 1 aliphatic rings. The molecule has 1 N–H and O–H groups in total. The molecule has 2 rings (SSSR count). The van der Waals surface area contributed by atoms with Crippen molar-refractivity contribution < 1.29 is 9.90 Å². The predicted octanol–water partition coefficient (Wildman–Crippen LogP) is 0.257. The number of nitrogens with one attached hydrogen (secondary N) is 1. The minimum atomic E-state index is -1.11. The van der Waals surface area contributed by atoms with Crippen molar-refractivity contribution >= 4 is 5.97 Å². The maximum absolute atomic E-state index is 10.5. The van der Waals surface area contributed by atoms with Crippen LogP contribution in [0.4, 0.5) is 0 Å². The molecule has 0 unspecified atom stereocenters. The van der Waals surface area contributed by atoms with Gasteiger partial charge < -0.3 is 14.9 Å². The van der Waals surface area contributed by atoms with Crippen LogP contribution in [0.1, 0.15) is 34.6 Å². The second-order valence-corrected chi connectivity index (χ2v) is 3.18. The minimum absolute atomic E-state index is 0.224. The fraction of sp³-hybridized carbons (Fsp3) is 0.444. The summed E-state index contributed by atoms with van der Waals surface area (Å²) in [7, 11) is 0. The van der Waals surface area contributed by atoms with E-state index in [1.165, 1.54) is 0 Å². The molecule has 12 heavy (non-hydrogen) atoms. The van der Waals surface area contributed by atoms with Crippen LogP contribution >= 0.6 is 0 Å². The highest BCUT2D eigenvalue weighted by atomic mass is 16.4. The zero-order valence-corrected chi connectivity index (χ0v) is 6.72. The van der Waals surface area contributed by atoms with E-state index < -0.39 is 5.97 Å². The summed E-state index contributed by atoms with van der Waals surface area (Å²) in [4.78, 5) is 13.3. The lowest BCUT2D eigenvalue weighted by Crippen LogP contribution is -2.22. The first kappa shape index (κ1) is 7.40. The normalized spacial score (nSPS) is 15.7. The Morgan fingerprint density at radius 2 is 2.17 bits per heavy atom. The van der Waals surface area contributed by atoms with Crippen molar-refractivity contribution in [3.8, 4) is 0 Å². The number of fused-ring (bicyclic) bond motifs is 1. The van der Waals surface area contributed by atoms with Crippen molar-refractivity contribution in [3.05, 3.63) is 23.0 Å². The van der Waals surface area contributed by atoms with Crippen LogP contribution in [0, 0.1) is 0 Å². The van der Waals surface area contributed by atoms with Crippen LogP contribution < -0.4 is 5.11 Å². The molecule has 0 aromatic carbocycles. The average molecular weight is 164 g/mol. The third kappa shape index (κ3) is 1.11. The number of aromatic amines is 1. The van der Waals surface area contributed by atoms with Gasteiger partial charge in [-0.05, 0) is 37.3 Å². The van der Waals surface area contributed by atoms with E-state index in [1.807, 2.05) is 0 Å². The second kappa shape index (κ2) is 2.66. The standard InChI is InChI=1S/C9H11NO2/c11-9(12)8-5-6-3-1-2-4-7(6)10-8/h5,10H,1-4H2,(H,11,12)/p-1. The van der Waals surface area contributed by atoms with E-state index in [2.05, 4.69) is 4.98 Å². The average Bonchev–Trinajstić information content (AvgIpc) is 2.46. The van der Waals surface area contributed by atoms with Crippen LogP contribution in [0.25, 0.3) is 0 Å². The Balaban J connectivity index is 2.38.